The summed E-state index contributed by atoms with van der Waals surface area (Å²) in [5.41, 5.74) is 3.86. The molecule has 2 aliphatic heterocycles. The van der Waals surface area contributed by atoms with Gasteiger partial charge >= 0.3 is 0 Å². The standard InChI is InChI=1S/C28H27F2NO4/c1-17-23-13-21(32)5-9-26(23)35-28(27(17)20-4-8-24(30)25(33)12-20)19-2-6-22(7-3-19)34-11-10-31-15-18(14-29)16-31/h2-9,12-13,18,28,32-33H,10-11,14-16H2,1H3/t28-/m1/s1. The Labute approximate surface area is 202 Å². The molecule has 3 aromatic carbocycles. The Morgan fingerprint density at radius 3 is 2.51 bits per heavy atom. The summed E-state index contributed by atoms with van der Waals surface area (Å²) in [6.07, 6.45) is -0.510. The van der Waals surface area contributed by atoms with Gasteiger partial charge in [-0.3, -0.25) is 9.29 Å². The van der Waals surface area contributed by atoms with E-state index in [0.29, 0.717) is 17.9 Å². The minimum absolute atomic E-state index is 0.117. The van der Waals surface area contributed by atoms with Crippen molar-refractivity contribution in [3.8, 4) is 23.0 Å². The van der Waals surface area contributed by atoms with Gasteiger partial charge in [0.15, 0.2) is 11.6 Å². The van der Waals surface area contributed by atoms with Gasteiger partial charge in [-0.05, 0) is 66.1 Å². The summed E-state index contributed by atoms with van der Waals surface area (Å²) in [7, 11) is 0. The Bertz CT molecular complexity index is 1250. The first kappa shape index (κ1) is 23.2. The fourth-order valence-corrected chi connectivity index (χ4v) is 4.71. The molecule has 0 aromatic heterocycles. The third-order valence-electron chi connectivity index (χ3n) is 6.65. The van der Waals surface area contributed by atoms with Crippen LogP contribution in [-0.4, -0.2) is 48.0 Å². The van der Waals surface area contributed by atoms with Crippen LogP contribution >= 0.6 is 0 Å². The van der Waals surface area contributed by atoms with E-state index in [2.05, 4.69) is 4.90 Å². The quantitative estimate of drug-likeness (QED) is 0.463. The van der Waals surface area contributed by atoms with E-state index in [4.69, 9.17) is 9.47 Å². The largest absolute Gasteiger partial charge is 0.508 e. The van der Waals surface area contributed by atoms with Crippen LogP contribution in [0.5, 0.6) is 23.0 Å². The summed E-state index contributed by atoms with van der Waals surface area (Å²) >= 11 is 0. The average Bonchev–Trinajstić information content (AvgIpc) is 2.83. The van der Waals surface area contributed by atoms with Crippen LogP contribution in [0.4, 0.5) is 8.78 Å². The van der Waals surface area contributed by atoms with Crippen molar-refractivity contribution in [1.29, 1.82) is 0 Å². The van der Waals surface area contributed by atoms with Crippen molar-refractivity contribution in [2.45, 2.75) is 13.0 Å². The van der Waals surface area contributed by atoms with Gasteiger partial charge in [-0.2, -0.15) is 0 Å². The third kappa shape index (κ3) is 4.68. The van der Waals surface area contributed by atoms with E-state index in [1.807, 2.05) is 31.2 Å². The van der Waals surface area contributed by atoms with Gasteiger partial charge in [0.2, 0.25) is 0 Å². The highest BCUT2D eigenvalue weighted by atomic mass is 19.1. The summed E-state index contributed by atoms with van der Waals surface area (Å²) in [5, 5.41) is 20.0. The van der Waals surface area contributed by atoms with Gasteiger partial charge in [-0.15, -0.1) is 0 Å². The Morgan fingerprint density at radius 1 is 1.03 bits per heavy atom. The average molecular weight is 480 g/mol. The van der Waals surface area contributed by atoms with Crippen molar-refractivity contribution in [2.24, 2.45) is 5.92 Å². The second kappa shape index (κ2) is 9.58. The van der Waals surface area contributed by atoms with Crippen molar-refractivity contribution in [3.63, 3.8) is 0 Å². The number of hydrogen-bond acceptors (Lipinski definition) is 5. The summed E-state index contributed by atoms with van der Waals surface area (Å²) in [4.78, 5) is 2.17. The van der Waals surface area contributed by atoms with E-state index >= 15 is 0 Å². The van der Waals surface area contributed by atoms with Crippen LogP contribution in [0.15, 0.2) is 60.7 Å². The lowest BCUT2D eigenvalue weighted by Crippen LogP contribution is -2.49. The molecule has 5 nitrogen and oxygen atoms in total. The van der Waals surface area contributed by atoms with Crippen LogP contribution in [0.25, 0.3) is 11.1 Å². The first-order valence-electron chi connectivity index (χ1n) is 11.6. The normalized spacial score (nSPS) is 18.1. The molecule has 182 valence electrons. The lowest BCUT2D eigenvalue weighted by Gasteiger charge is -2.37. The minimum atomic E-state index is -0.696. The molecule has 0 amide bonds. The zero-order chi connectivity index (χ0) is 24.5. The minimum Gasteiger partial charge on any atom is -0.508 e. The van der Waals surface area contributed by atoms with E-state index in [9.17, 15) is 19.0 Å². The van der Waals surface area contributed by atoms with Crippen LogP contribution in [0.1, 0.15) is 29.7 Å². The Hall–Kier alpha value is -3.58. The van der Waals surface area contributed by atoms with Gasteiger partial charge in [0.1, 0.15) is 30.0 Å². The maximum atomic E-state index is 13.8. The summed E-state index contributed by atoms with van der Waals surface area (Å²) in [6, 6.07) is 16.7. The lowest BCUT2D eigenvalue weighted by molar-refractivity contribution is 0.0668. The van der Waals surface area contributed by atoms with Crippen molar-refractivity contribution in [2.75, 3.05) is 32.9 Å². The van der Waals surface area contributed by atoms with Gasteiger partial charge in [0.25, 0.3) is 0 Å². The number of alkyl halides is 1. The highest BCUT2D eigenvalue weighted by Gasteiger charge is 2.30. The monoisotopic (exact) mass is 479 g/mol. The molecule has 0 aliphatic carbocycles. The fraction of sp³-hybridized carbons (Fsp3) is 0.286. The molecule has 2 aliphatic rings. The van der Waals surface area contributed by atoms with E-state index in [-0.39, 0.29) is 18.3 Å². The fourth-order valence-electron chi connectivity index (χ4n) is 4.71. The molecular weight excluding hydrogens is 452 g/mol. The molecule has 5 rings (SSSR count). The molecule has 2 N–H and O–H groups in total. The molecule has 2 heterocycles. The van der Waals surface area contributed by atoms with Crippen LogP contribution in [-0.2, 0) is 0 Å². The van der Waals surface area contributed by atoms with Gasteiger partial charge in [0.05, 0.1) is 6.67 Å². The van der Waals surface area contributed by atoms with E-state index in [1.165, 1.54) is 12.1 Å². The summed E-state index contributed by atoms with van der Waals surface area (Å²) < 4.78 is 38.6. The Kier molecular flexibility index (Phi) is 6.34. The number of aromatic hydroxyl groups is 2. The van der Waals surface area contributed by atoms with Crippen molar-refractivity contribution in [3.05, 3.63) is 83.2 Å². The molecule has 0 spiro atoms. The number of ether oxygens (including phenoxy) is 2. The molecule has 7 heteroatoms. The van der Waals surface area contributed by atoms with Crippen LogP contribution in [0.2, 0.25) is 0 Å². The molecule has 0 unspecified atom stereocenters. The maximum Gasteiger partial charge on any atom is 0.164 e. The second-order valence-corrected chi connectivity index (χ2v) is 9.08. The first-order valence-corrected chi connectivity index (χ1v) is 11.6. The SMILES string of the molecule is CC1=C(c2ccc(F)c(O)c2)[C@@H](c2ccc(OCCN3CC(CF)C3)cc2)Oc2ccc(O)cc21. The number of nitrogens with zero attached hydrogens (tertiary/aromatic N) is 1. The summed E-state index contributed by atoms with van der Waals surface area (Å²) in [6.45, 7) is 4.50. The van der Waals surface area contributed by atoms with Crippen LogP contribution < -0.4 is 9.47 Å². The topological polar surface area (TPSA) is 62.2 Å². The number of likely N-dealkylation sites (tertiary alicyclic amines) is 1. The zero-order valence-electron chi connectivity index (χ0n) is 19.4. The predicted octanol–water partition coefficient (Wildman–Crippen LogP) is 5.58. The highest BCUT2D eigenvalue weighted by molar-refractivity contribution is 5.95. The molecule has 1 saturated heterocycles. The van der Waals surface area contributed by atoms with E-state index < -0.39 is 17.7 Å². The molecule has 3 aromatic rings. The van der Waals surface area contributed by atoms with Gasteiger partial charge in [-0.1, -0.05) is 18.2 Å². The number of allylic oxidation sites excluding steroid dienone is 1. The van der Waals surface area contributed by atoms with Crippen LogP contribution in [0, 0.1) is 11.7 Å². The number of phenolic OH excluding ortho intramolecular Hbond substituents is 2. The van der Waals surface area contributed by atoms with E-state index in [0.717, 1.165) is 47.7 Å². The molecule has 0 radical (unpaired) electrons. The number of rotatable bonds is 7. The smallest absolute Gasteiger partial charge is 0.164 e. The Balaban J connectivity index is 1.40. The lowest BCUT2D eigenvalue weighted by atomic mass is 9.86. The van der Waals surface area contributed by atoms with Crippen molar-refractivity contribution >= 4 is 11.1 Å². The molecule has 0 saturated carbocycles. The maximum absolute atomic E-state index is 13.8. The molecule has 35 heavy (non-hydrogen) atoms. The number of benzene rings is 3. The third-order valence-corrected chi connectivity index (χ3v) is 6.65. The van der Waals surface area contributed by atoms with Gasteiger partial charge in [0, 0.05) is 36.7 Å². The number of fused-ring (bicyclic) bond motifs is 1. The molecule has 1 fully saturated rings. The Morgan fingerprint density at radius 2 is 1.80 bits per heavy atom. The van der Waals surface area contributed by atoms with Gasteiger partial charge < -0.3 is 19.7 Å². The zero-order valence-corrected chi connectivity index (χ0v) is 19.4. The summed E-state index contributed by atoms with van der Waals surface area (Å²) in [5.74, 6) is 0.491. The van der Waals surface area contributed by atoms with Crippen molar-refractivity contribution in [1.82, 2.24) is 4.90 Å². The van der Waals surface area contributed by atoms with E-state index in [1.54, 1.807) is 24.3 Å². The number of halogens is 2. The molecule has 1 atom stereocenters. The second-order valence-electron chi connectivity index (χ2n) is 9.08. The van der Waals surface area contributed by atoms with Crippen molar-refractivity contribution < 1.29 is 28.5 Å². The van der Waals surface area contributed by atoms with Crippen LogP contribution in [0.3, 0.4) is 0 Å². The molecular formula is C28H27F2NO4. The number of hydrogen-bond donors (Lipinski definition) is 2. The first-order chi connectivity index (χ1) is 16.9. The predicted molar refractivity (Wildman–Crippen MR) is 130 cm³/mol. The highest BCUT2D eigenvalue weighted by Crippen LogP contribution is 2.47. The van der Waals surface area contributed by atoms with Gasteiger partial charge in [-0.25, -0.2) is 4.39 Å². The molecule has 0 bridgehead atoms. The number of phenols is 2.